The van der Waals surface area contributed by atoms with Gasteiger partial charge in [-0.15, -0.1) is 0 Å². The number of rotatable bonds is 19. The van der Waals surface area contributed by atoms with E-state index in [-0.39, 0.29) is 5.92 Å². The Morgan fingerprint density at radius 1 is 0.721 bits per heavy atom. The predicted molar refractivity (Wildman–Crippen MR) is 150 cm³/mol. The van der Waals surface area contributed by atoms with Gasteiger partial charge in [0.05, 0.1) is 66.1 Å². The maximum Gasteiger partial charge on any atom is 0.490 e. The van der Waals surface area contributed by atoms with E-state index in [9.17, 15) is 18.0 Å². The first-order valence-corrected chi connectivity index (χ1v) is 13.7. The Balaban J connectivity index is 0.000000821. The molecule has 14 heteroatoms. The highest BCUT2D eigenvalue weighted by Crippen LogP contribution is 2.44. The van der Waals surface area contributed by atoms with E-state index in [2.05, 4.69) is 29.6 Å². The van der Waals surface area contributed by atoms with Gasteiger partial charge in [-0.25, -0.2) is 9.59 Å². The minimum atomic E-state index is -5.08. The number of carbonyl (C=O) groups is 2. The summed E-state index contributed by atoms with van der Waals surface area (Å²) in [4.78, 5) is 21.0. The van der Waals surface area contributed by atoms with E-state index < -0.39 is 18.2 Å². The minimum absolute atomic E-state index is 0.0501. The summed E-state index contributed by atoms with van der Waals surface area (Å²) in [6, 6.07) is 16.5. The number of nitrogens with two attached hydrogens (primary N) is 1. The van der Waals surface area contributed by atoms with Crippen molar-refractivity contribution in [1.82, 2.24) is 5.32 Å². The average Bonchev–Trinajstić information content (AvgIpc) is 3.31. The summed E-state index contributed by atoms with van der Waals surface area (Å²) < 4.78 is 64.2. The number of benzene rings is 2. The lowest BCUT2D eigenvalue weighted by Gasteiger charge is -2.14. The van der Waals surface area contributed by atoms with Crippen LogP contribution >= 0.6 is 0 Å². The summed E-state index contributed by atoms with van der Waals surface area (Å²) in [5.74, 6) is -2.71. The fraction of sp³-hybridized carbons (Fsp3) is 0.517. The molecule has 0 spiro atoms. The second kappa shape index (κ2) is 20.6. The summed E-state index contributed by atoms with van der Waals surface area (Å²) in [5, 5.41) is 9.86. The van der Waals surface area contributed by atoms with E-state index >= 15 is 0 Å². The van der Waals surface area contributed by atoms with Gasteiger partial charge in [0.15, 0.2) is 0 Å². The molecule has 1 amide bonds. The first-order chi connectivity index (χ1) is 20.8. The number of aliphatic carboxylic acids is 1. The normalized spacial score (nSPS) is 12.2. The zero-order chi connectivity index (χ0) is 31.3. The Bertz CT molecular complexity index is 1040. The molecule has 11 nitrogen and oxygen atoms in total. The van der Waals surface area contributed by atoms with Gasteiger partial charge in [-0.05, 0) is 22.3 Å². The lowest BCUT2D eigenvalue weighted by atomic mass is 9.98. The number of nitrogens with one attached hydrogen (secondary N) is 1. The van der Waals surface area contributed by atoms with Crippen LogP contribution in [0.3, 0.4) is 0 Å². The molecule has 0 aliphatic heterocycles. The lowest BCUT2D eigenvalue weighted by Crippen LogP contribution is -2.29. The molecule has 0 unspecified atom stereocenters. The number of halogens is 3. The molecule has 1 aliphatic carbocycles. The molecule has 0 heterocycles. The van der Waals surface area contributed by atoms with Crippen LogP contribution in [0.4, 0.5) is 18.0 Å². The van der Waals surface area contributed by atoms with Crippen LogP contribution in [-0.4, -0.2) is 109 Å². The predicted octanol–water partition coefficient (Wildman–Crippen LogP) is 3.20. The second-order valence-electron chi connectivity index (χ2n) is 8.91. The zero-order valence-corrected chi connectivity index (χ0v) is 23.8. The zero-order valence-electron chi connectivity index (χ0n) is 23.8. The Labute approximate surface area is 248 Å². The van der Waals surface area contributed by atoms with Gasteiger partial charge in [0.2, 0.25) is 0 Å². The van der Waals surface area contributed by atoms with E-state index in [1.165, 1.54) is 22.3 Å². The summed E-state index contributed by atoms with van der Waals surface area (Å²) >= 11 is 0. The van der Waals surface area contributed by atoms with Crippen molar-refractivity contribution in [2.45, 2.75) is 12.1 Å². The third-order valence-corrected chi connectivity index (χ3v) is 5.85. The van der Waals surface area contributed by atoms with Crippen LogP contribution in [0.5, 0.6) is 0 Å². The number of hydrogen-bond donors (Lipinski definition) is 3. The van der Waals surface area contributed by atoms with Gasteiger partial charge < -0.3 is 44.6 Å². The first kappa shape index (κ1) is 35.9. The molecule has 43 heavy (non-hydrogen) atoms. The number of carbonyl (C=O) groups excluding carboxylic acids is 1. The van der Waals surface area contributed by atoms with Crippen molar-refractivity contribution in [2.24, 2.45) is 5.73 Å². The number of ether oxygens (including phenoxy) is 6. The third kappa shape index (κ3) is 14.2. The molecule has 0 atom stereocenters. The standard InChI is InChI=1S/C27H38N2O7.C2HF3O2/c28-9-11-31-13-15-33-17-19-35-20-18-34-16-14-32-12-10-29-27(30)36-21-26-24-7-3-1-5-22(24)23-6-2-4-8-25(23)26;3-2(4,5)1(6)7/h1-8,26H,9-21,28H2,(H,29,30);(H,6,7). The highest BCUT2D eigenvalue weighted by Gasteiger charge is 2.38. The van der Waals surface area contributed by atoms with Crippen molar-refractivity contribution in [3.63, 3.8) is 0 Å². The number of amides is 1. The van der Waals surface area contributed by atoms with Crippen molar-refractivity contribution in [1.29, 1.82) is 0 Å². The van der Waals surface area contributed by atoms with Gasteiger partial charge in [0, 0.05) is 19.0 Å². The molecule has 1 aliphatic rings. The first-order valence-electron chi connectivity index (χ1n) is 13.7. The van der Waals surface area contributed by atoms with Crippen molar-refractivity contribution in [2.75, 3.05) is 85.8 Å². The van der Waals surface area contributed by atoms with Crippen molar-refractivity contribution in [3.05, 3.63) is 59.7 Å². The van der Waals surface area contributed by atoms with Gasteiger partial charge in [-0.2, -0.15) is 13.2 Å². The minimum Gasteiger partial charge on any atom is -0.475 e. The highest BCUT2D eigenvalue weighted by atomic mass is 19.4. The van der Waals surface area contributed by atoms with Crippen molar-refractivity contribution < 1.29 is 56.3 Å². The molecule has 2 aromatic carbocycles. The number of carboxylic acids is 1. The number of alkyl carbamates (subject to hydrolysis) is 1. The number of hydrogen-bond acceptors (Lipinski definition) is 9. The third-order valence-electron chi connectivity index (χ3n) is 5.85. The number of carboxylic acid groups (broad SMARTS) is 1. The van der Waals surface area contributed by atoms with Crippen LogP contribution in [-0.2, 0) is 33.2 Å². The van der Waals surface area contributed by atoms with Crippen LogP contribution in [0.2, 0.25) is 0 Å². The molecule has 0 saturated carbocycles. The molecule has 4 N–H and O–H groups in total. The quantitative estimate of drug-likeness (QED) is 0.201. The number of fused-ring (bicyclic) bond motifs is 3. The van der Waals surface area contributed by atoms with Crippen molar-refractivity contribution in [3.8, 4) is 11.1 Å². The molecule has 0 saturated heterocycles. The van der Waals surface area contributed by atoms with E-state index in [0.29, 0.717) is 85.8 Å². The molecular weight excluding hydrogens is 577 g/mol. The Kier molecular flexibility index (Phi) is 17.2. The SMILES string of the molecule is NCCOCCOCCOCCOCCOCCNC(=O)OCC1c2ccccc2-c2ccccc21.O=C(O)C(F)(F)F. The molecular formula is C29H39F3N2O9. The topological polar surface area (TPSA) is 148 Å². The fourth-order valence-electron chi connectivity index (χ4n) is 3.94. The maximum absolute atomic E-state index is 12.1. The monoisotopic (exact) mass is 616 g/mol. The van der Waals surface area contributed by atoms with E-state index in [0.717, 1.165) is 0 Å². The lowest BCUT2D eigenvalue weighted by molar-refractivity contribution is -0.192. The molecule has 240 valence electrons. The summed E-state index contributed by atoms with van der Waals surface area (Å²) in [6.07, 6.45) is -5.53. The van der Waals surface area contributed by atoms with E-state index in [4.69, 9.17) is 44.1 Å². The van der Waals surface area contributed by atoms with Crippen LogP contribution in [0.1, 0.15) is 17.0 Å². The molecule has 2 aromatic rings. The largest absolute Gasteiger partial charge is 0.490 e. The number of alkyl halides is 3. The van der Waals surface area contributed by atoms with Gasteiger partial charge in [0.25, 0.3) is 0 Å². The van der Waals surface area contributed by atoms with Crippen molar-refractivity contribution >= 4 is 12.1 Å². The Morgan fingerprint density at radius 3 is 1.53 bits per heavy atom. The fourth-order valence-corrected chi connectivity index (χ4v) is 3.94. The van der Waals surface area contributed by atoms with Crippen LogP contribution < -0.4 is 11.1 Å². The highest BCUT2D eigenvalue weighted by molar-refractivity contribution is 5.79. The van der Waals surface area contributed by atoms with Gasteiger partial charge in [-0.1, -0.05) is 48.5 Å². The maximum atomic E-state index is 12.1. The summed E-state index contributed by atoms with van der Waals surface area (Å²) in [6.45, 7) is 6.12. The molecule has 3 rings (SSSR count). The van der Waals surface area contributed by atoms with Gasteiger partial charge in [0.1, 0.15) is 6.61 Å². The molecule has 0 bridgehead atoms. The summed E-state index contributed by atoms with van der Waals surface area (Å²) in [5.41, 5.74) is 10.1. The Hall–Kier alpha value is -3.27. The molecule has 0 fully saturated rings. The average molecular weight is 617 g/mol. The second-order valence-corrected chi connectivity index (χ2v) is 8.91. The van der Waals surface area contributed by atoms with Gasteiger partial charge >= 0.3 is 18.2 Å². The molecule has 0 radical (unpaired) electrons. The van der Waals surface area contributed by atoms with Crippen LogP contribution in [0, 0.1) is 0 Å². The smallest absolute Gasteiger partial charge is 0.475 e. The van der Waals surface area contributed by atoms with Crippen LogP contribution in [0.25, 0.3) is 11.1 Å². The van der Waals surface area contributed by atoms with Gasteiger partial charge in [-0.3, -0.25) is 0 Å². The van der Waals surface area contributed by atoms with Crippen LogP contribution in [0.15, 0.2) is 48.5 Å². The summed E-state index contributed by atoms with van der Waals surface area (Å²) in [7, 11) is 0. The Morgan fingerprint density at radius 2 is 1.12 bits per heavy atom. The van der Waals surface area contributed by atoms with E-state index in [1.54, 1.807) is 0 Å². The molecule has 0 aromatic heterocycles. The van der Waals surface area contributed by atoms with E-state index in [1.807, 2.05) is 24.3 Å².